The molecule has 0 bridgehead atoms. The van der Waals surface area contributed by atoms with E-state index in [0.717, 1.165) is 4.31 Å². The average Bonchev–Trinajstić information content (AvgIpc) is 2.88. The van der Waals surface area contributed by atoms with Gasteiger partial charge in [-0.25, -0.2) is 8.42 Å². The first kappa shape index (κ1) is 19.8. The van der Waals surface area contributed by atoms with E-state index >= 15 is 0 Å². The lowest BCUT2D eigenvalue weighted by molar-refractivity contribution is -0.121. The molecule has 0 radical (unpaired) electrons. The molecule has 0 aromatic carbocycles. The quantitative estimate of drug-likeness (QED) is 0.530. The van der Waals surface area contributed by atoms with Crippen LogP contribution in [0.3, 0.4) is 0 Å². The van der Waals surface area contributed by atoms with Gasteiger partial charge >= 0.3 is 0 Å². The van der Waals surface area contributed by atoms with E-state index in [1.165, 1.54) is 64.0 Å². The molecule has 1 amide bonds. The summed E-state index contributed by atoms with van der Waals surface area (Å²) in [4.78, 5) is 15.9. The second-order valence-electron chi connectivity index (χ2n) is 6.44. The van der Waals surface area contributed by atoms with E-state index < -0.39 is 10.0 Å². The number of carbonyl (C=O) groups is 1. The number of nitrogens with zero attached hydrogens (tertiary/aromatic N) is 2. The maximum Gasteiger partial charge on any atom is 0.244 e. The highest BCUT2D eigenvalue weighted by Crippen LogP contribution is 2.16. The lowest BCUT2D eigenvalue weighted by Gasteiger charge is -2.18. The topological polar surface area (TPSA) is 91.4 Å². The molecule has 1 fully saturated rings. The molecule has 8 heteroatoms. The van der Waals surface area contributed by atoms with E-state index in [2.05, 4.69) is 15.6 Å². The number of likely N-dealkylation sites (N-methyl/N-ethyl adjacent to an activating group) is 1. The number of rotatable bonds is 8. The third-order valence-electron chi connectivity index (χ3n) is 4.44. The molecule has 0 aliphatic heterocycles. The minimum absolute atomic E-state index is 0.0836. The second kappa shape index (κ2) is 9.84. The number of hydrogen-bond acceptors (Lipinski definition) is 5. The van der Waals surface area contributed by atoms with Crippen molar-refractivity contribution >= 4 is 15.9 Å². The Balaban J connectivity index is 1.70. The predicted molar refractivity (Wildman–Crippen MR) is 96.6 cm³/mol. The molecule has 7 nitrogen and oxygen atoms in total. The van der Waals surface area contributed by atoms with E-state index in [0.29, 0.717) is 19.1 Å². The molecule has 1 heterocycles. The molecule has 0 atom stereocenters. The lowest BCUT2D eigenvalue weighted by Crippen LogP contribution is -2.41. The lowest BCUT2D eigenvalue weighted by atomic mass is 10.1. The Labute approximate surface area is 150 Å². The van der Waals surface area contributed by atoms with E-state index in [9.17, 15) is 13.2 Å². The number of sulfonamides is 1. The minimum Gasteiger partial charge on any atom is -0.354 e. The first-order valence-electron chi connectivity index (χ1n) is 8.86. The molecular formula is C17H28N4O3S. The van der Waals surface area contributed by atoms with Crippen LogP contribution in [0.15, 0.2) is 29.4 Å². The summed E-state index contributed by atoms with van der Waals surface area (Å²) in [5.74, 6) is -0.308. The zero-order valence-electron chi connectivity index (χ0n) is 14.8. The van der Waals surface area contributed by atoms with Crippen LogP contribution in [0, 0.1) is 0 Å². The van der Waals surface area contributed by atoms with Crippen LogP contribution in [-0.2, 0) is 14.8 Å². The van der Waals surface area contributed by atoms with Crippen LogP contribution >= 0.6 is 0 Å². The first-order valence-corrected chi connectivity index (χ1v) is 10.3. The van der Waals surface area contributed by atoms with Crippen molar-refractivity contribution in [1.29, 1.82) is 0 Å². The minimum atomic E-state index is -3.69. The van der Waals surface area contributed by atoms with Crippen molar-refractivity contribution in [1.82, 2.24) is 19.9 Å². The maximum atomic E-state index is 12.3. The Morgan fingerprint density at radius 2 is 1.96 bits per heavy atom. The van der Waals surface area contributed by atoms with Crippen molar-refractivity contribution in [2.45, 2.75) is 49.5 Å². The van der Waals surface area contributed by atoms with E-state index in [-0.39, 0.29) is 17.3 Å². The fraction of sp³-hybridized carbons (Fsp3) is 0.647. The Kier molecular flexibility index (Phi) is 7.80. The van der Waals surface area contributed by atoms with Crippen LogP contribution in [0.5, 0.6) is 0 Å². The predicted octanol–water partition coefficient (Wildman–Crippen LogP) is 1.13. The smallest absolute Gasteiger partial charge is 0.244 e. The SMILES string of the molecule is CN(CC(=O)NCCNC1CCCCCC1)S(=O)(=O)c1cccnc1. The molecule has 1 saturated carbocycles. The van der Waals surface area contributed by atoms with Crippen molar-refractivity contribution in [3.63, 3.8) is 0 Å². The molecule has 1 aromatic heterocycles. The molecule has 25 heavy (non-hydrogen) atoms. The van der Waals surface area contributed by atoms with Crippen LogP contribution in [-0.4, -0.2) is 56.3 Å². The summed E-state index contributed by atoms with van der Waals surface area (Å²) in [6.07, 6.45) is 10.3. The van der Waals surface area contributed by atoms with Gasteiger partial charge in [-0.05, 0) is 25.0 Å². The summed E-state index contributed by atoms with van der Waals surface area (Å²) < 4.78 is 25.7. The number of aromatic nitrogens is 1. The van der Waals surface area contributed by atoms with Gasteiger partial charge in [-0.2, -0.15) is 4.31 Å². The molecule has 0 unspecified atom stereocenters. The Hall–Kier alpha value is -1.51. The molecular weight excluding hydrogens is 340 g/mol. The molecule has 0 spiro atoms. The normalized spacial score (nSPS) is 16.6. The van der Waals surface area contributed by atoms with Crippen molar-refractivity contribution in [3.05, 3.63) is 24.5 Å². The summed E-state index contributed by atoms with van der Waals surface area (Å²) in [6, 6.07) is 3.56. The van der Waals surface area contributed by atoms with Crippen LogP contribution in [0.2, 0.25) is 0 Å². The Morgan fingerprint density at radius 1 is 1.24 bits per heavy atom. The van der Waals surface area contributed by atoms with Gasteiger partial charge < -0.3 is 10.6 Å². The Morgan fingerprint density at radius 3 is 2.60 bits per heavy atom. The molecule has 1 aliphatic carbocycles. The highest BCUT2D eigenvalue weighted by atomic mass is 32.2. The van der Waals surface area contributed by atoms with Gasteiger partial charge in [-0.3, -0.25) is 9.78 Å². The van der Waals surface area contributed by atoms with Gasteiger partial charge in [-0.15, -0.1) is 0 Å². The van der Waals surface area contributed by atoms with Gasteiger partial charge in [0.1, 0.15) is 4.90 Å². The number of hydrogen-bond donors (Lipinski definition) is 2. The molecule has 2 rings (SSSR count). The largest absolute Gasteiger partial charge is 0.354 e. The summed E-state index contributed by atoms with van der Waals surface area (Å²) in [6.45, 7) is 0.992. The third-order valence-corrected chi connectivity index (χ3v) is 6.23. The fourth-order valence-corrected chi connectivity index (χ4v) is 4.08. The van der Waals surface area contributed by atoms with Crippen molar-refractivity contribution in [2.75, 3.05) is 26.7 Å². The van der Waals surface area contributed by atoms with Crippen molar-refractivity contribution < 1.29 is 13.2 Å². The van der Waals surface area contributed by atoms with Crippen molar-refractivity contribution in [2.24, 2.45) is 0 Å². The van der Waals surface area contributed by atoms with E-state index in [1.54, 1.807) is 6.07 Å². The van der Waals surface area contributed by atoms with Crippen LogP contribution in [0.1, 0.15) is 38.5 Å². The molecule has 1 aliphatic rings. The number of pyridine rings is 1. The highest BCUT2D eigenvalue weighted by Gasteiger charge is 2.22. The first-order chi connectivity index (χ1) is 12.0. The number of amides is 1. The third kappa shape index (κ3) is 6.37. The van der Waals surface area contributed by atoms with Crippen molar-refractivity contribution in [3.8, 4) is 0 Å². The van der Waals surface area contributed by atoms with Gasteiger partial charge in [0.25, 0.3) is 0 Å². The van der Waals surface area contributed by atoms with Gasteiger partial charge in [0, 0.05) is 38.6 Å². The van der Waals surface area contributed by atoms with Gasteiger partial charge in [0.15, 0.2) is 0 Å². The summed E-state index contributed by atoms with van der Waals surface area (Å²) in [5, 5.41) is 6.24. The average molecular weight is 369 g/mol. The number of carbonyl (C=O) groups excluding carboxylic acids is 1. The zero-order valence-corrected chi connectivity index (χ0v) is 15.6. The second-order valence-corrected chi connectivity index (χ2v) is 8.49. The highest BCUT2D eigenvalue weighted by molar-refractivity contribution is 7.89. The summed E-state index contributed by atoms with van der Waals surface area (Å²) >= 11 is 0. The van der Waals surface area contributed by atoms with Crippen LogP contribution in [0.25, 0.3) is 0 Å². The standard InChI is InChI=1S/C17H28N4O3S/c1-21(25(23,24)16-9-6-10-18-13-16)14-17(22)20-12-11-19-15-7-4-2-3-5-8-15/h6,9-10,13,15,19H,2-5,7-8,11-12,14H2,1H3,(H,20,22). The van der Waals surface area contributed by atoms with Gasteiger partial charge in [0.05, 0.1) is 6.54 Å². The van der Waals surface area contributed by atoms with Crippen LogP contribution in [0.4, 0.5) is 0 Å². The number of nitrogens with one attached hydrogen (secondary N) is 2. The molecule has 0 saturated heterocycles. The summed E-state index contributed by atoms with van der Waals surface area (Å²) in [5.41, 5.74) is 0. The van der Waals surface area contributed by atoms with Gasteiger partial charge in [-0.1, -0.05) is 25.7 Å². The van der Waals surface area contributed by atoms with E-state index in [4.69, 9.17) is 0 Å². The maximum absolute atomic E-state index is 12.3. The Bertz CT molecular complexity index is 629. The summed E-state index contributed by atoms with van der Waals surface area (Å²) in [7, 11) is -2.30. The molecule has 140 valence electrons. The zero-order chi connectivity index (χ0) is 18.1. The molecule has 1 aromatic rings. The van der Waals surface area contributed by atoms with Crippen LogP contribution < -0.4 is 10.6 Å². The molecule has 2 N–H and O–H groups in total. The van der Waals surface area contributed by atoms with Gasteiger partial charge in [0.2, 0.25) is 15.9 Å². The fourth-order valence-electron chi connectivity index (χ4n) is 2.98. The van der Waals surface area contributed by atoms with E-state index in [1.807, 2.05) is 0 Å². The monoisotopic (exact) mass is 368 g/mol.